The molecule has 0 amide bonds. The fourth-order valence-corrected chi connectivity index (χ4v) is 5.53. The summed E-state index contributed by atoms with van der Waals surface area (Å²) in [4.78, 5) is 6.74. The molecule has 18 heavy (non-hydrogen) atoms. The highest BCUT2D eigenvalue weighted by atomic mass is 32.2. The van der Waals surface area contributed by atoms with Gasteiger partial charge in [-0.15, -0.1) is 0 Å². The number of hydrogen-bond donors (Lipinski definition) is 2. The van der Waals surface area contributed by atoms with Crippen LogP contribution < -0.4 is 4.72 Å². The van der Waals surface area contributed by atoms with E-state index < -0.39 is 10.0 Å². The molecular weight excluding hydrogens is 250 g/mol. The molecule has 5 nitrogen and oxygen atoms in total. The number of aromatic nitrogens is 2. The van der Waals surface area contributed by atoms with Gasteiger partial charge in [0.2, 0.25) is 0 Å². The molecule has 6 heteroatoms. The van der Waals surface area contributed by atoms with Crippen molar-refractivity contribution in [2.75, 3.05) is 0 Å². The van der Waals surface area contributed by atoms with Crippen LogP contribution in [-0.2, 0) is 10.0 Å². The first kappa shape index (κ1) is 11.0. The van der Waals surface area contributed by atoms with Crippen molar-refractivity contribution in [3.8, 4) is 0 Å². The van der Waals surface area contributed by atoms with E-state index in [-0.39, 0.29) is 11.1 Å². The van der Waals surface area contributed by atoms with E-state index in [0.29, 0.717) is 17.7 Å². The highest BCUT2D eigenvalue weighted by molar-refractivity contribution is 7.89. The Kier molecular flexibility index (Phi) is 2.05. The smallest absolute Gasteiger partial charge is 0.257 e. The van der Waals surface area contributed by atoms with Crippen molar-refractivity contribution in [1.29, 1.82) is 0 Å². The third-order valence-corrected chi connectivity index (χ3v) is 6.36. The molecule has 4 unspecified atom stereocenters. The Bertz CT molecular complexity index is 578. The van der Waals surface area contributed by atoms with Crippen molar-refractivity contribution < 1.29 is 8.42 Å². The predicted molar refractivity (Wildman–Crippen MR) is 65.2 cm³/mol. The summed E-state index contributed by atoms with van der Waals surface area (Å²) < 4.78 is 27.2. The number of sulfonamides is 1. The number of nitrogens with zero attached hydrogens (tertiary/aromatic N) is 1. The number of hydrogen-bond acceptors (Lipinski definition) is 3. The average molecular weight is 267 g/mol. The number of fused-ring (bicyclic) bond motifs is 5. The first-order valence-electron chi connectivity index (χ1n) is 6.60. The monoisotopic (exact) mass is 267 g/mol. The maximum atomic E-state index is 12.2. The minimum atomic E-state index is -3.41. The van der Waals surface area contributed by atoms with Crippen LogP contribution in [0.2, 0.25) is 0 Å². The lowest BCUT2D eigenvalue weighted by Crippen LogP contribution is -2.30. The maximum absolute atomic E-state index is 12.2. The number of nitrogens with one attached hydrogen (secondary N) is 2. The van der Waals surface area contributed by atoms with Crippen molar-refractivity contribution >= 4 is 10.0 Å². The Hall–Kier alpha value is -0.880. The van der Waals surface area contributed by atoms with E-state index in [2.05, 4.69) is 14.7 Å². The lowest BCUT2D eigenvalue weighted by molar-refractivity contribution is 0.456. The van der Waals surface area contributed by atoms with Crippen LogP contribution in [0.5, 0.6) is 0 Å². The summed E-state index contributed by atoms with van der Waals surface area (Å²) in [6, 6.07) is 0.185. The van der Waals surface area contributed by atoms with Gasteiger partial charge in [-0.2, -0.15) is 0 Å². The van der Waals surface area contributed by atoms with Crippen molar-refractivity contribution in [2.24, 2.45) is 23.7 Å². The fraction of sp³-hybridized carbons (Fsp3) is 0.750. The van der Waals surface area contributed by atoms with E-state index in [9.17, 15) is 8.42 Å². The number of aryl methyl sites for hydroxylation is 1. The SMILES string of the molecule is Cc1ncc(S(=O)(=O)NC2C3C4CCC(C4)C23)[nH]1. The largest absolute Gasteiger partial charge is 0.332 e. The molecule has 4 atom stereocenters. The minimum Gasteiger partial charge on any atom is -0.332 e. The molecule has 1 heterocycles. The van der Waals surface area contributed by atoms with Gasteiger partial charge in [-0.3, -0.25) is 0 Å². The Morgan fingerprint density at radius 3 is 2.56 bits per heavy atom. The van der Waals surface area contributed by atoms with Gasteiger partial charge in [-0.05, 0) is 49.9 Å². The molecule has 3 aliphatic rings. The van der Waals surface area contributed by atoms with Crippen LogP contribution in [0.3, 0.4) is 0 Å². The first-order chi connectivity index (χ1) is 8.56. The molecule has 2 bridgehead atoms. The summed E-state index contributed by atoms with van der Waals surface area (Å²) in [6.07, 6.45) is 5.32. The van der Waals surface area contributed by atoms with Crippen LogP contribution in [0.15, 0.2) is 11.2 Å². The Morgan fingerprint density at radius 2 is 2.00 bits per heavy atom. The van der Waals surface area contributed by atoms with Gasteiger partial charge >= 0.3 is 0 Å². The average Bonchev–Trinajstić information content (AvgIpc) is 2.78. The van der Waals surface area contributed by atoms with Gasteiger partial charge in [-0.25, -0.2) is 18.1 Å². The maximum Gasteiger partial charge on any atom is 0.257 e. The van der Waals surface area contributed by atoms with Crippen molar-refractivity contribution in [3.63, 3.8) is 0 Å². The van der Waals surface area contributed by atoms with Gasteiger partial charge < -0.3 is 4.98 Å². The molecule has 3 fully saturated rings. The zero-order chi connectivity index (χ0) is 12.5. The summed E-state index contributed by atoms with van der Waals surface area (Å²) in [5, 5.41) is 0.192. The zero-order valence-electron chi connectivity index (χ0n) is 10.3. The first-order valence-corrected chi connectivity index (χ1v) is 8.08. The summed E-state index contributed by atoms with van der Waals surface area (Å²) in [5.74, 6) is 3.41. The van der Waals surface area contributed by atoms with Gasteiger partial charge in [0.15, 0.2) is 5.03 Å². The second-order valence-electron chi connectivity index (χ2n) is 5.97. The Labute approximate surface area is 106 Å². The quantitative estimate of drug-likeness (QED) is 0.859. The molecule has 2 N–H and O–H groups in total. The molecule has 4 rings (SSSR count). The van der Waals surface area contributed by atoms with Crippen molar-refractivity contribution in [1.82, 2.24) is 14.7 Å². The van der Waals surface area contributed by atoms with Gasteiger partial charge in [0, 0.05) is 6.04 Å². The van der Waals surface area contributed by atoms with Crippen LogP contribution in [0.1, 0.15) is 25.1 Å². The predicted octanol–water partition coefficient (Wildman–Crippen LogP) is 1.04. The number of H-pyrrole nitrogens is 1. The van der Waals surface area contributed by atoms with Crippen LogP contribution >= 0.6 is 0 Å². The minimum absolute atomic E-state index is 0.185. The normalized spacial score (nSPS) is 41.1. The standard InChI is InChI=1S/C12H17N3O2S/c1-6-13-5-9(14-6)18(16,17)15-12-10-7-2-3-8(4-7)11(10)12/h5,7-8,10-12,15H,2-4H2,1H3,(H,13,14). The van der Waals surface area contributed by atoms with Crippen molar-refractivity contribution in [3.05, 3.63) is 12.0 Å². The number of imidazole rings is 1. The van der Waals surface area contributed by atoms with Crippen LogP contribution in [-0.4, -0.2) is 24.4 Å². The van der Waals surface area contributed by atoms with Gasteiger partial charge in [0.1, 0.15) is 5.82 Å². The topological polar surface area (TPSA) is 74.8 Å². The molecule has 1 aromatic rings. The van der Waals surface area contributed by atoms with E-state index in [4.69, 9.17) is 0 Å². The van der Waals surface area contributed by atoms with Crippen LogP contribution in [0.4, 0.5) is 0 Å². The van der Waals surface area contributed by atoms with E-state index in [1.807, 2.05) is 0 Å². The molecule has 0 radical (unpaired) electrons. The number of aromatic amines is 1. The second-order valence-corrected chi connectivity index (χ2v) is 7.65. The summed E-state index contributed by atoms with van der Waals surface area (Å²) in [7, 11) is -3.41. The lowest BCUT2D eigenvalue weighted by atomic mass is 10.0. The highest BCUT2D eigenvalue weighted by Gasteiger charge is 2.65. The molecule has 3 aliphatic carbocycles. The lowest BCUT2D eigenvalue weighted by Gasteiger charge is -2.09. The summed E-state index contributed by atoms with van der Waals surface area (Å²) in [5.41, 5.74) is 0. The van der Waals surface area contributed by atoms with E-state index in [1.54, 1.807) is 6.92 Å². The third kappa shape index (κ3) is 1.42. The van der Waals surface area contributed by atoms with Crippen molar-refractivity contribution in [2.45, 2.75) is 37.3 Å². The summed E-state index contributed by atoms with van der Waals surface area (Å²) in [6.45, 7) is 1.76. The van der Waals surface area contributed by atoms with Gasteiger partial charge in [0.05, 0.1) is 6.20 Å². The molecule has 0 saturated heterocycles. The molecular formula is C12H17N3O2S. The van der Waals surface area contributed by atoms with Gasteiger partial charge in [0.25, 0.3) is 10.0 Å². The summed E-state index contributed by atoms with van der Waals surface area (Å²) >= 11 is 0. The third-order valence-electron chi connectivity index (χ3n) is 5.00. The van der Waals surface area contributed by atoms with E-state index in [0.717, 1.165) is 11.8 Å². The molecule has 1 aromatic heterocycles. The highest BCUT2D eigenvalue weighted by Crippen LogP contribution is 2.65. The molecule has 0 spiro atoms. The zero-order valence-corrected chi connectivity index (χ0v) is 11.1. The van der Waals surface area contributed by atoms with Crippen LogP contribution in [0.25, 0.3) is 0 Å². The fourth-order valence-electron chi connectivity index (χ4n) is 4.26. The molecule has 98 valence electrons. The Balaban J connectivity index is 1.53. The molecule has 3 saturated carbocycles. The van der Waals surface area contributed by atoms with E-state index >= 15 is 0 Å². The second kappa shape index (κ2) is 3.36. The van der Waals surface area contributed by atoms with E-state index in [1.165, 1.54) is 25.5 Å². The Morgan fingerprint density at radius 1 is 1.33 bits per heavy atom. The van der Waals surface area contributed by atoms with Crippen LogP contribution in [0, 0.1) is 30.6 Å². The molecule has 0 aromatic carbocycles. The van der Waals surface area contributed by atoms with Gasteiger partial charge in [-0.1, -0.05) is 0 Å². The number of rotatable bonds is 3. The molecule has 0 aliphatic heterocycles.